The van der Waals surface area contributed by atoms with Gasteiger partial charge in [0.15, 0.2) is 11.5 Å². The second kappa shape index (κ2) is 8.97. The summed E-state index contributed by atoms with van der Waals surface area (Å²) < 4.78 is 13.4. The summed E-state index contributed by atoms with van der Waals surface area (Å²) in [5, 5.41) is 8.14. The Kier molecular flexibility index (Phi) is 6.42. The quantitative estimate of drug-likeness (QED) is 0.579. The van der Waals surface area contributed by atoms with Gasteiger partial charge in [0.05, 0.1) is 18.9 Å². The molecule has 2 heterocycles. The molecule has 1 N–H and O–H groups in total. The molecule has 0 bridgehead atoms. The third-order valence-corrected chi connectivity index (χ3v) is 4.86. The van der Waals surface area contributed by atoms with Crippen molar-refractivity contribution in [2.45, 2.75) is 13.0 Å². The number of nitrogens with zero attached hydrogens (tertiary/aromatic N) is 2. The zero-order valence-corrected chi connectivity index (χ0v) is 15.5. The Labute approximate surface area is 153 Å². The van der Waals surface area contributed by atoms with Crippen LogP contribution in [0, 0.1) is 0 Å². The van der Waals surface area contributed by atoms with Crippen molar-refractivity contribution in [1.82, 2.24) is 15.1 Å². The standard InChI is InChI=1S/C19H25N3O2S/c1-3-10-25-11-7-20-13-16-14-22(2)21-19(16)15-5-6-17-18(12-15)24-9-4-8-23-17/h3,5-6,12,14,20H,1,4,7-11,13H2,2H3. The van der Waals surface area contributed by atoms with Crippen molar-refractivity contribution in [3.05, 3.63) is 42.6 Å². The lowest BCUT2D eigenvalue weighted by Gasteiger charge is -2.09. The summed E-state index contributed by atoms with van der Waals surface area (Å²) in [6, 6.07) is 6.07. The molecule has 25 heavy (non-hydrogen) atoms. The number of aryl methyl sites for hydroxylation is 1. The van der Waals surface area contributed by atoms with Gasteiger partial charge in [-0.15, -0.1) is 6.58 Å². The molecule has 0 saturated carbocycles. The summed E-state index contributed by atoms with van der Waals surface area (Å²) in [4.78, 5) is 0. The maximum absolute atomic E-state index is 5.81. The van der Waals surface area contributed by atoms with Gasteiger partial charge in [-0.25, -0.2) is 0 Å². The Morgan fingerprint density at radius 1 is 1.32 bits per heavy atom. The number of ether oxygens (including phenoxy) is 2. The predicted octanol–water partition coefficient (Wildman–Crippen LogP) is 3.26. The van der Waals surface area contributed by atoms with E-state index in [0.717, 1.165) is 53.8 Å². The largest absolute Gasteiger partial charge is 0.490 e. The zero-order chi connectivity index (χ0) is 17.5. The van der Waals surface area contributed by atoms with Crippen LogP contribution >= 0.6 is 11.8 Å². The molecule has 0 amide bonds. The molecular formula is C19H25N3O2S. The predicted molar refractivity (Wildman–Crippen MR) is 103 cm³/mol. The van der Waals surface area contributed by atoms with Gasteiger partial charge >= 0.3 is 0 Å². The molecule has 0 aliphatic carbocycles. The van der Waals surface area contributed by atoms with E-state index in [-0.39, 0.29) is 0 Å². The number of hydrogen-bond acceptors (Lipinski definition) is 5. The van der Waals surface area contributed by atoms with Crippen LogP contribution < -0.4 is 14.8 Å². The van der Waals surface area contributed by atoms with Crippen LogP contribution in [-0.2, 0) is 13.6 Å². The molecule has 0 saturated heterocycles. The molecule has 5 nitrogen and oxygen atoms in total. The van der Waals surface area contributed by atoms with Crippen molar-refractivity contribution >= 4 is 11.8 Å². The first-order chi connectivity index (χ1) is 12.3. The minimum absolute atomic E-state index is 0.690. The molecular weight excluding hydrogens is 334 g/mol. The van der Waals surface area contributed by atoms with Crippen LogP contribution in [0.5, 0.6) is 11.5 Å². The highest BCUT2D eigenvalue weighted by atomic mass is 32.2. The van der Waals surface area contributed by atoms with Gasteiger partial charge in [0.25, 0.3) is 0 Å². The third-order valence-electron chi connectivity index (χ3n) is 3.90. The molecule has 6 heteroatoms. The number of thioether (sulfide) groups is 1. The number of rotatable bonds is 8. The molecule has 1 aromatic carbocycles. The Hall–Kier alpha value is -1.92. The van der Waals surface area contributed by atoms with E-state index in [2.05, 4.69) is 29.3 Å². The fourth-order valence-corrected chi connectivity index (χ4v) is 3.38. The average molecular weight is 359 g/mol. The lowest BCUT2D eigenvalue weighted by molar-refractivity contribution is 0.297. The van der Waals surface area contributed by atoms with Crippen LogP contribution in [-0.4, -0.2) is 41.0 Å². The van der Waals surface area contributed by atoms with Gasteiger partial charge in [0.2, 0.25) is 0 Å². The Balaban J connectivity index is 1.70. The van der Waals surface area contributed by atoms with Crippen LogP contribution in [0.4, 0.5) is 0 Å². The molecule has 0 fully saturated rings. The summed E-state index contributed by atoms with van der Waals surface area (Å²) >= 11 is 1.88. The summed E-state index contributed by atoms with van der Waals surface area (Å²) in [5.41, 5.74) is 3.23. The van der Waals surface area contributed by atoms with E-state index in [4.69, 9.17) is 9.47 Å². The Morgan fingerprint density at radius 2 is 2.16 bits per heavy atom. The number of nitrogens with one attached hydrogen (secondary N) is 1. The molecule has 3 rings (SSSR count). The topological polar surface area (TPSA) is 48.3 Å². The highest BCUT2D eigenvalue weighted by Crippen LogP contribution is 2.34. The molecule has 0 atom stereocenters. The van der Waals surface area contributed by atoms with Crippen molar-refractivity contribution in [3.63, 3.8) is 0 Å². The third kappa shape index (κ3) is 4.80. The Bertz CT molecular complexity index is 715. The lowest BCUT2D eigenvalue weighted by Crippen LogP contribution is -2.16. The van der Waals surface area contributed by atoms with Crippen LogP contribution in [0.25, 0.3) is 11.3 Å². The van der Waals surface area contributed by atoms with E-state index >= 15 is 0 Å². The van der Waals surface area contributed by atoms with Gasteiger partial charge in [0, 0.05) is 55.4 Å². The normalized spacial score (nSPS) is 13.5. The summed E-state index contributed by atoms with van der Waals surface area (Å²) in [5.74, 6) is 3.69. The van der Waals surface area contributed by atoms with Crippen molar-refractivity contribution in [2.24, 2.45) is 7.05 Å². The maximum atomic E-state index is 5.81. The minimum atomic E-state index is 0.690. The molecule has 2 aromatic rings. The van der Waals surface area contributed by atoms with Crippen LogP contribution in [0.15, 0.2) is 37.1 Å². The number of aromatic nitrogens is 2. The minimum Gasteiger partial charge on any atom is -0.490 e. The SMILES string of the molecule is C=CCSCCNCc1cn(C)nc1-c1ccc2c(c1)OCCCO2. The van der Waals surface area contributed by atoms with Crippen molar-refractivity contribution in [1.29, 1.82) is 0 Å². The number of benzene rings is 1. The fraction of sp³-hybridized carbons (Fsp3) is 0.421. The highest BCUT2D eigenvalue weighted by Gasteiger charge is 2.15. The first-order valence-electron chi connectivity index (χ1n) is 8.60. The van der Waals surface area contributed by atoms with E-state index in [1.54, 1.807) is 0 Å². The first-order valence-corrected chi connectivity index (χ1v) is 9.75. The fourth-order valence-electron chi connectivity index (χ4n) is 2.75. The molecule has 1 aliphatic rings. The molecule has 1 aliphatic heterocycles. The van der Waals surface area contributed by atoms with Crippen LogP contribution in [0.2, 0.25) is 0 Å². The van der Waals surface area contributed by atoms with Gasteiger partial charge in [0.1, 0.15) is 0 Å². The van der Waals surface area contributed by atoms with E-state index in [9.17, 15) is 0 Å². The summed E-state index contributed by atoms with van der Waals surface area (Å²) in [6.45, 7) is 6.90. The van der Waals surface area contributed by atoms with E-state index in [0.29, 0.717) is 13.2 Å². The van der Waals surface area contributed by atoms with E-state index < -0.39 is 0 Å². The average Bonchev–Trinajstić information content (AvgIpc) is 2.84. The number of fused-ring (bicyclic) bond motifs is 1. The second-order valence-electron chi connectivity index (χ2n) is 5.93. The van der Waals surface area contributed by atoms with Gasteiger partial charge in [-0.1, -0.05) is 6.08 Å². The molecule has 1 aromatic heterocycles. The molecule has 134 valence electrons. The number of hydrogen-bond donors (Lipinski definition) is 1. The van der Waals surface area contributed by atoms with Crippen LogP contribution in [0.1, 0.15) is 12.0 Å². The Morgan fingerprint density at radius 3 is 3.00 bits per heavy atom. The summed E-state index contributed by atoms with van der Waals surface area (Å²) in [7, 11) is 1.95. The van der Waals surface area contributed by atoms with E-state index in [1.807, 2.05) is 41.7 Å². The second-order valence-corrected chi connectivity index (χ2v) is 7.08. The van der Waals surface area contributed by atoms with Crippen molar-refractivity contribution in [2.75, 3.05) is 31.3 Å². The maximum Gasteiger partial charge on any atom is 0.161 e. The van der Waals surface area contributed by atoms with Gasteiger partial charge < -0.3 is 14.8 Å². The first kappa shape index (κ1) is 17.9. The highest BCUT2D eigenvalue weighted by molar-refractivity contribution is 7.99. The zero-order valence-electron chi connectivity index (χ0n) is 14.7. The van der Waals surface area contributed by atoms with Crippen molar-refractivity contribution in [3.8, 4) is 22.8 Å². The molecule has 0 spiro atoms. The summed E-state index contributed by atoms with van der Waals surface area (Å²) in [6.07, 6.45) is 4.92. The van der Waals surface area contributed by atoms with Gasteiger partial charge in [-0.2, -0.15) is 16.9 Å². The smallest absolute Gasteiger partial charge is 0.161 e. The molecule has 0 radical (unpaired) electrons. The molecule has 0 unspecified atom stereocenters. The van der Waals surface area contributed by atoms with E-state index in [1.165, 1.54) is 5.56 Å². The van der Waals surface area contributed by atoms with Gasteiger partial charge in [-0.05, 0) is 18.2 Å². The van der Waals surface area contributed by atoms with Crippen molar-refractivity contribution < 1.29 is 9.47 Å². The lowest BCUT2D eigenvalue weighted by atomic mass is 10.1. The van der Waals surface area contributed by atoms with Crippen LogP contribution in [0.3, 0.4) is 0 Å². The monoisotopic (exact) mass is 359 g/mol. The van der Waals surface area contributed by atoms with Gasteiger partial charge in [-0.3, -0.25) is 4.68 Å².